The Balaban J connectivity index is 1.12. The highest BCUT2D eigenvalue weighted by atomic mass is 16.3. The summed E-state index contributed by atoms with van der Waals surface area (Å²) >= 11 is 0. The van der Waals surface area contributed by atoms with E-state index in [0.29, 0.717) is 17.5 Å². The summed E-state index contributed by atoms with van der Waals surface area (Å²) in [4.78, 5) is 15.1. The van der Waals surface area contributed by atoms with Gasteiger partial charge in [0.15, 0.2) is 17.5 Å². The fourth-order valence-corrected chi connectivity index (χ4v) is 6.99. The molecule has 7 aromatic carbocycles. The molecule has 0 fully saturated rings. The van der Waals surface area contributed by atoms with Crippen LogP contribution < -0.4 is 0 Å². The second-order valence-electron chi connectivity index (χ2n) is 12.4. The first kappa shape index (κ1) is 28.2. The van der Waals surface area contributed by atoms with Gasteiger partial charge >= 0.3 is 0 Å². The van der Waals surface area contributed by atoms with E-state index in [0.717, 1.165) is 66.1 Å². The molecule has 0 atom stereocenters. The van der Waals surface area contributed by atoms with Gasteiger partial charge in [0.1, 0.15) is 22.3 Å². The van der Waals surface area contributed by atoms with Crippen molar-refractivity contribution >= 4 is 43.9 Å². The largest absolute Gasteiger partial charge is 0.456 e. The number of aromatic nitrogens is 3. The Labute approximate surface area is 287 Å². The molecule has 0 unspecified atom stereocenters. The minimum Gasteiger partial charge on any atom is -0.456 e. The third-order valence-electron chi connectivity index (χ3n) is 9.36. The molecular weight excluding hydrogens is 615 g/mol. The van der Waals surface area contributed by atoms with Gasteiger partial charge < -0.3 is 8.83 Å². The van der Waals surface area contributed by atoms with Gasteiger partial charge in [-0.2, -0.15) is 0 Å². The zero-order chi connectivity index (χ0) is 33.0. The maximum atomic E-state index is 6.46. The average Bonchev–Trinajstić information content (AvgIpc) is 3.76. The molecule has 0 saturated carbocycles. The number of fused-ring (bicyclic) bond motifs is 6. The molecule has 50 heavy (non-hydrogen) atoms. The summed E-state index contributed by atoms with van der Waals surface area (Å²) in [6.45, 7) is 0. The number of nitrogens with zero attached hydrogens (tertiary/aromatic N) is 3. The summed E-state index contributed by atoms with van der Waals surface area (Å²) < 4.78 is 12.7. The van der Waals surface area contributed by atoms with Gasteiger partial charge in [-0.3, -0.25) is 0 Å². The average molecular weight is 642 g/mol. The van der Waals surface area contributed by atoms with Crippen molar-refractivity contribution in [3.05, 3.63) is 164 Å². The molecule has 0 aliphatic carbocycles. The fourth-order valence-electron chi connectivity index (χ4n) is 6.99. The molecule has 3 aromatic heterocycles. The Morgan fingerprint density at radius 3 is 1.70 bits per heavy atom. The van der Waals surface area contributed by atoms with Crippen LogP contribution in [0.4, 0.5) is 0 Å². The quantitative estimate of drug-likeness (QED) is 0.187. The van der Waals surface area contributed by atoms with E-state index in [-0.39, 0.29) is 0 Å². The van der Waals surface area contributed by atoms with E-state index in [1.807, 2.05) is 78.9 Å². The number of para-hydroxylation sites is 1. The molecule has 0 N–H and O–H groups in total. The van der Waals surface area contributed by atoms with Crippen molar-refractivity contribution in [3.8, 4) is 56.4 Å². The summed E-state index contributed by atoms with van der Waals surface area (Å²) in [5.74, 6) is 1.75. The standard InChI is InChI=1S/C45H27N3O2/c1-3-12-28(13-4-1)32-16-7-8-17-33(32)30-23-25-39-37(26-30)34-24-22-31(27-41(34)50-39)44-46-43(29-14-5-2-6-15-29)47-45(48-44)36-19-11-21-40-42(36)35-18-9-10-20-38(35)49-40/h1-27H. The highest BCUT2D eigenvalue weighted by Crippen LogP contribution is 2.39. The van der Waals surface area contributed by atoms with Crippen LogP contribution in [-0.4, -0.2) is 15.0 Å². The normalized spacial score (nSPS) is 11.6. The Hall–Kier alpha value is -6.85. The molecule has 0 spiro atoms. The second kappa shape index (κ2) is 11.4. The minimum atomic E-state index is 0.568. The third kappa shape index (κ3) is 4.67. The van der Waals surface area contributed by atoms with E-state index < -0.39 is 0 Å². The van der Waals surface area contributed by atoms with Crippen LogP contribution in [0, 0.1) is 0 Å². The van der Waals surface area contributed by atoms with Gasteiger partial charge in [-0.1, -0.05) is 127 Å². The van der Waals surface area contributed by atoms with Gasteiger partial charge in [0, 0.05) is 38.2 Å². The van der Waals surface area contributed by atoms with Crippen LogP contribution in [0.2, 0.25) is 0 Å². The van der Waals surface area contributed by atoms with Crippen molar-refractivity contribution in [2.24, 2.45) is 0 Å². The van der Waals surface area contributed by atoms with Crippen LogP contribution in [0.25, 0.3) is 100 Å². The van der Waals surface area contributed by atoms with Gasteiger partial charge in [-0.25, -0.2) is 15.0 Å². The summed E-state index contributed by atoms with van der Waals surface area (Å²) in [6.07, 6.45) is 0. The highest BCUT2D eigenvalue weighted by molar-refractivity contribution is 6.12. The van der Waals surface area contributed by atoms with Gasteiger partial charge in [-0.05, 0) is 58.7 Å². The molecule has 10 rings (SSSR count). The van der Waals surface area contributed by atoms with Gasteiger partial charge in [-0.15, -0.1) is 0 Å². The highest BCUT2D eigenvalue weighted by Gasteiger charge is 2.19. The molecular formula is C45H27N3O2. The van der Waals surface area contributed by atoms with Crippen molar-refractivity contribution in [1.29, 1.82) is 0 Å². The van der Waals surface area contributed by atoms with E-state index in [2.05, 4.69) is 84.9 Å². The molecule has 0 bridgehead atoms. The van der Waals surface area contributed by atoms with Gasteiger partial charge in [0.25, 0.3) is 0 Å². The molecule has 0 amide bonds. The maximum Gasteiger partial charge on any atom is 0.164 e. The predicted molar refractivity (Wildman–Crippen MR) is 202 cm³/mol. The van der Waals surface area contributed by atoms with E-state index >= 15 is 0 Å². The number of benzene rings is 7. The Kier molecular flexibility index (Phi) is 6.42. The van der Waals surface area contributed by atoms with Crippen LogP contribution in [0.3, 0.4) is 0 Å². The maximum absolute atomic E-state index is 6.46. The molecule has 0 aliphatic heterocycles. The SMILES string of the molecule is c1ccc(-c2nc(-c3ccc4c(c3)oc3ccc(-c5ccccc5-c5ccccc5)cc34)nc(-c3cccc4oc5ccccc5c34)n2)cc1. The predicted octanol–water partition coefficient (Wildman–Crippen LogP) is 12.0. The van der Waals surface area contributed by atoms with Crippen molar-refractivity contribution in [3.63, 3.8) is 0 Å². The molecule has 3 heterocycles. The first-order valence-electron chi connectivity index (χ1n) is 16.6. The zero-order valence-electron chi connectivity index (χ0n) is 26.7. The summed E-state index contributed by atoms with van der Waals surface area (Å²) in [5.41, 5.74) is 10.6. The molecule has 234 valence electrons. The summed E-state index contributed by atoms with van der Waals surface area (Å²) in [5, 5.41) is 4.11. The molecule has 5 heteroatoms. The van der Waals surface area contributed by atoms with E-state index in [1.165, 1.54) is 16.7 Å². The lowest BCUT2D eigenvalue weighted by Gasteiger charge is -2.10. The molecule has 0 aliphatic rings. The van der Waals surface area contributed by atoms with Crippen LogP contribution in [0.15, 0.2) is 173 Å². The lowest BCUT2D eigenvalue weighted by Crippen LogP contribution is -2.00. The molecule has 0 saturated heterocycles. The summed E-state index contributed by atoms with van der Waals surface area (Å²) in [7, 11) is 0. The van der Waals surface area contributed by atoms with Crippen LogP contribution in [-0.2, 0) is 0 Å². The lowest BCUT2D eigenvalue weighted by atomic mass is 9.94. The molecule has 0 radical (unpaired) electrons. The van der Waals surface area contributed by atoms with Crippen molar-refractivity contribution < 1.29 is 8.83 Å². The first-order chi connectivity index (χ1) is 24.8. The zero-order valence-corrected chi connectivity index (χ0v) is 26.7. The van der Waals surface area contributed by atoms with Crippen molar-refractivity contribution in [2.45, 2.75) is 0 Å². The van der Waals surface area contributed by atoms with Crippen LogP contribution in [0.5, 0.6) is 0 Å². The Morgan fingerprint density at radius 2 is 0.880 bits per heavy atom. The van der Waals surface area contributed by atoms with Crippen molar-refractivity contribution in [1.82, 2.24) is 15.0 Å². The summed E-state index contributed by atoms with van der Waals surface area (Å²) in [6, 6.07) is 55.8. The van der Waals surface area contributed by atoms with E-state index in [4.69, 9.17) is 23.8 Å². The third-order valence-corrected chi connectivity index (χ3v) is 9.36. The Morgan fingerprint density at radius 1 is 0.300 bits per heavy atom. The second-order valence-corrected chi connectivity index (χ2v) is 12.4. The number of hydrogen-bond acceptors (Lipinski definition) is 5. The van der Waals surface area contributed by atoms with Gasteiger partial charge in [0.2, 0.25) is 0 Å². The number of rotatable bonds is 5. The van der Waals surface area contributed by atoms with Crippen LogP contribution in [0.1, 0.15) is 0 Å². The lowest BCUT2D eigenvalue weighted by molar-refractivity contribution is 0.668. The van der Waals surface area contributed by atoms with E-state index in [9.17, 15) is 0 Å². The monoisotopic (exact) mass is 641 g/mol. The smallest absolute Gasteiger partial charge is 0.164 e. The van der Waals surface area contributed by atoms with Gasteiger partial charge in [0.05, 0.1) is 0 Å². The van der Waals surface area contributed by atoms with Crippen LogP contribution >= 0.6 is 0 Å². The fraction of sp³-hybridized carbons (Fsp3) is 0. The minimum absolute atomic E-state index is 0.568. The molecule has 5 nitrogen and oxygen atoms in total. The van der Waals surface area contributed by atoms with E-state index in [1.54, 1.807) is 0 Å². The number of hydrogen-bond donors (Lipinski definition) is 0. The topological polar surface area (TPSA) is 65.0 Å². The van der Waals surface area contributed by atoms with Crippen molar-refractivity contribution in [2.75, 3.05) is 0 Å². The first-order valence-corrected chi connectivity index (χ1v) is 16.6. The Bertz CT molecular complexity index is 2870. The number of furan rings is 2. The molecule has 10 aromatic rings.